The summed E-state index contributed by atoms with van der Waals surface area (Å²) in [7, 11) is 1.28. The maximum atomic E-state index is 16.4. The molecule has 4 heterocycles. The van der Waals surface area contributed by atoms with E-state index in [-0.39, 0.29) is 111 Å². The molecule has 2 aliphatic heterocycles. The molecule has 568 valence electrons. The van der Waals surface area contributed by atoms with Crippen molar-refractivity contribution in [2.45, 2.75) is 91.9 Å². The zero-order valence-electron chi connectivity index (χ0n) is 61.9. The van der Waals surface area contributed by atoms with Crippen molar-refractivity contribution in [1.82, 2.24) is 19.8 Å². The zero-order valence-corrected chi connectivity index (χ0v) is 63.9. The molecular weight excluding hydrogens is 1470 g/mol. The topological polar surface area (TPSA) is 251 Å². The molecule has 0 saturated heterocycles. The number of carbonyl (C=O) groups excluding carboxylic acids is 6. The SMILES string of the molecule is CO[Si](Cc1ccnc(NC(=O)C(N2C(=O)c3cc(Oc4cc(C)cc(C)c4)c4c5c(Oc6cc(C)cc(C)c6)cc6c7c(cc(Oc8cc(C)cc(C)c8)c(c8c(Oc9cc(C)cc(C)c9)cc(c3c48)C2=O)c75)C(=O)N(C(C(=O)Nc2cc(C[Si](OC)(OC)OC)ccn2)C(F)(F)F)C6=O)C(F)(F)F)c1)(OC)OC. The first kappa shape index (κ1) is 77.0. The summed E-state index contributed by atoms with van der Waals surface area (Å²) in [4.78, 5) is 102. The van der Waals surface area contributed by atoms with Crippen LogP contribution in [-0.4, -0.2) is 140 Å². The Labute approximate surface area is 628 Å². The highest BCUT2D eigenvalue weighted by atomic mass is 28.4. The molecular formula is C80H72F6N6O16Si2. The molecule has 2 atom stereocenters. The Kier molecular flexibility index (Phi) is 20.5. The predicted molar refractivity (Wildman–Crippen MR) is 399 cm³/mol. The van der Waals surface area contributed by atoms with Gasteiger partial charge in [0.2, 0.25) is 12.1 Å². The third-order valence-electron chi connectivity index (χ3n) is 19.1. The van der Waals surface area contributed by atoms with Crippen LogP contribution in [0.3, 0.4) is 0 Å². The minimum absolute atomic E-state index is 0.0332. The lowest BCUT2D eigenvalue weighted by Crippen LogP contribution is -2.58. The van der Waals surface area contributed by atoms with Gasteiger partial charge >= 0.3 is 30.0 Å². The Hall–Kier alpha value is -11.2. The van der Waals surface area contributed by atoms with Gasteiger partial charge in [0.25, 0.3) is 35.4 Å². The fourth-order valence-electron chi connectivity index (χ4n) is 14.8. The molecule has 11 aromatic rings. The number of imide groups is 2. The average Bonchev–Trinajstić information content (AvgIpc) is 0.669. The highest BCUT2D eigenvalue weighted by Gasteiger charge is 2.58. The quantitative estimate of drug-likeness (QED) is 0.0187. The third kappa shape index (κ3) is 14.3. The number of carbonyl (C=O) groups is 6. The van der Waals surface area contributed by atoms with Gasteiger partial charge in [0, 0.05) is 110 Å². The number of nitrogens with one attached hydrogen (secondary N) is 2. The van der Waals surface area contributed by atoms with Gasteiger partial charge in [0.15, 0.2) is 0 Å². The molecule has 0 saturated carbocycles. The van der Waals surface area contributed by atoms with Crippen LogP contribution in [0.1, 0.15) is 97.1 Å². The molecule has 0 fully saturated rings. The number of rotatable bonds is 24. The lowest BCUT2D eigenvalue weighted by molar-refractivity contribution is -0.178. The van der Waals surface area contributed by atoms with Gasteiger partial charge in [-0.1, -0.05) is 24.3 Å². The van der Waals surface area contributed by atoms with E-state index in [2.05, 4.69) is 20.6 Å². The molecule has 13 rings (SSSR count). The van der Waals surface area contributed by atoms with E-state index in [9.17, 15) is 9.59 Å². The molecule has 0 aliphatic carbocycles. The fourth-order valence-corrected chi connectivity index (χ4v) is 18.1. The summed E-state index contributed by atoms with van der Waals surface area (Å²) in [5, 5.41) is 2.86. The number of benzene rings is 9. The van der Waals surface area contributed by atoms with E-state index in [1.54, 1.807) is 104 Å². The standard InChI is InChI=1S/C80H72F6N6O16Si2/c1-39-19-40(2)24-49(23-39)105-57-33-53-63-54(76(96)91(75(53)95)71(79(81,82)83)73(93)89-61-31-47(15-17-87-61)37-109(99-9,100-10)101-11)35-59(107-51-27-43(5)21-44(6)28-51)67-68-60(108-52-29-45(7)22-46(8)30-52)36-56-64-55(34-58(66(70(64)68)65(57)69(63)67)106-50-25-41(3)20-42(4)26-50)77(97)92(78(56)98)72(80(84,85)86)74(94)90-62-32-48(16-18-88-62)38-110(102-12,103-13)104-14/h15-36,71-72H,37-38H2,1-14H3,(H,87,89,93)(H,88,90,94). The molecule has 0 spiro atoms. The first-order valence-corrected chi connectivity index (χ1v) is 38.1. The third-order valence-corrected chi connectivity index (χ3v) is 24.6. The molecule has 22 nitrogen and oxygen atoms in total. The summed E-state index contributed by atoms with van der Waals surface area (Å²) in [5.41, 5.74) is 3.33. The summed E-state index contributed by atoms with van der Waals surface area (Å²) in [6, 6.07) is 22.8. The summed E-state index contributed by atoms with van der Waals surface area (Å²) in [6.45, 7) is 14.1. The molecule has 6 amide bonds. The van der Waals surface area contributed by atoms with Crippen LogP contribution < -0.4 is 29.6 Å². The molecule has 110 heavy (non-hydrogen) atoms. The second kappa shape index (κ2) is 29.3. The Morgan fingerprint density at radius 3 is 0.818 bits per heavy atom. The number of hydrogen-bond acceptors (Lipinski definition) is 18. The number of pyridine rings is 2. The van der Waals surface area contributed by atoms with Gasteiger partial charge < -0.3 is 56.1 Å². The van der Waals surface area contributed by atoms with Crippen molar-refractivity contribution in [3.05, 3.63) is 212 Å². The minimum Gasteiger partial charge on any atom is -0.457 e. The van der Waals surface area contributed by atoms with E-state index in [0.29, 0.717) is 55.6 Å². The van der Waals surface area contributed by atoms with Gasteiger partial charge in [-0.2, -0.15) is 26.3 Å². The summed E-state index contributed by atoms with van der Waals surface area (Å²) in [5.74, 6) is -12.4. The largest absolute Gasteiger partial charge is 0.504 e. The lowest BCUT2D eigenvalue weighted by atomic mass is 9.80. The van der Waals surface area contributed by atoms with Crippen LogP contribution in [0, 0.1) is 55.4 Å². The van der Waals surface area contributed by atoms with Gasteiger partial charge in [-0.3, -0.25) is 38.6 Å². The number of aryl methyl sites for hydroxylation is 8. The van der Waals surface area contributed by atoms with Crippen molar-refractivity contribution in [1.29, 1.82) is 0 Å². The predicted octanol–water partition coefficient (Wildman–Crippen LogP) is 16.4. The molecule has 2 unspecified atom stereocenters. The van der Waals surface area contributed by atoms with Crippen molar-refractivity contribution < 1.29 is 101 Å². The Bertz CT molecular complexity index is 4980. The molecule has 9 aromatic carbocycles. The molecule has 0 bridgehead atoms. The summed E-state index contributed by atoms with van der Waals surface area (Å²) in [6.07, 6.45) is -9.04. The van der Waals surface area contributed by atoms with E-state index in [1.807, 2.05) is 24.3 Å². The van der Waals surface area contributed by atoms with Crippen LogP contribution in [-0.2, 0) is 48.2 Å². The first-order valence-electron chi connectivity index (χ1n) is 34.2. The Morgan fingerprint density at radius 1 is 0.364 bits per heavy atom. The Morgan fingerprint density at radius 2 is 0.600 bits per heavy atom. The second-order valence-corrected chi connectivity index (χ2v) is 33.2. The number of aromatic nitrogens is 2. The fraction of sp³-hybridized carbons (Fsp3) is 0.250. The van der Waals surface area contributed by atoms with Crippen LogP contribution in [0.2, 0.25) is 0 Å². The van der Waals surface area contributed by atoms with Crippen molar-refractivity contribution in [2.75, 3.05) is 53.3 Å². The van der Waals surface area contributed by atoms with E-state index in [0.717, 1.165) is 24.3 Å². The highest BCUT2D eigenvalue weighted by Crippen LogP contribution is 2.59. The van der Waals surface area contributed by atoms with E-state index in [4.69, 9.17) is 45.5 Å². The number of alkyl halides is 6. The van der Waals surface area contributed by atoms with Crippen LogP contribution >= 0.6 is 0 Å². The molecule has 2 N–H and O–H groups in total. The van der Waals surface area contributed by atoms with E-state index < -0.39 is 111 Å². The van der Waals surface area contributed by atoms with Gasteiger partial charge in [-0.25, -0.2) is 9.97 Å². The zero-order chi connectivity index (χ0) is 79.1. The van der Waals surface area contributed by atoms with Crippen LogP contribution in [0.25, 0.3) is 43.1 Å². The molecule has 2 aromatic heterocycles. The monoisotopic (exact) mass is 1540 g/mol. The van der Waals surface area contributed by atoms with Gasteiger partial charge in [0.1, 0.15) is 57.6 Å². The van der Waals surface area contributed by atoms with Crippen LogP contribution in [0.15, 0.2) is 134 Å². The van der Waals surface area contributed by atoms with Crippen LogP contribution in [0.5, 0.6) is 46.0 Å². The molecule has 0 radical (unpaired) electrons. The number of fused-ring (bicyclic) bond motifs is 2. The van der Waals surface area contributed by atoms with Gasteiger partial charge in [-0.15, -0.1) is 0 Å². The minimum atomic E-state index is -5.72. The lowest BCUT2D eigenvalue weighted by Gasteiger charge is -2.36. The van der Waals surface area contributed by atoms with Gasteiger partial charge in [0.05, 0.1) is 22.3 Å². The van der Waals surface area contributed by atoms with E-state index >= 15 is 45.5 Å². The maximum Gasteiger partial charge on any atom is 0.504 e. The average molecular weight is 1540 g/mol. The molecule has 30 heteroatoms. The highest BCUT2D eigenvalue weighted by molar-refractivity contribution is 6.60. The van der Waals surface area contributed by atoms with Crippen molar-refractivity contribution in [3.63, 3.8) is 0 Å². The van der Waals surface area contributed by atoms with Gasteiger partial charge in [-0.05, 0) is 208 Å². The van der Waals surface area contributed by atoms with Crippen LogP contribution in [0.4, 0.5) is 38.0 Å². The Balaban J connectivity index is 1.15. The second-order valence-electron chi connectivity index (χ2n) is 27.3. The molecule has 2 aliphatic rings. The van der Waals surface area contributed by atoms with Crippen molar-refractivity contribution >= 4 is 108 Å². The van der Waals surface area contributed by atoms with Crippen molar-refractivity contribution in [3.8, 4) is 46.0 Å². The van der Waals surface area contributed by atoms with E-state index in [1.165, 1.54) is 79.3 Å². The smallest absolute Gasteiger partial charge is 0.457 e. The number of ether oxygens (including phenoxy) is 4. The number of nitrogens with zero attached hydrogens (tertiary/aromatic N) is 4. The van der Waals surface area contributed by atoms with Crippen molar-refractivity contribution in [2.24, 2.45) is 0 Å². The maximum absolute atomic E-state index is 16.4. The summed E-state index contributed by atoms with van der Waals surface area (Å²) >= 11 is 0. The number of anilines is 2. The number of amides is 6. The number of hydrogen-bond donors (Lipinski definition) is 2. The summed E-state index contributed by atoms with van der Waals surface area (Å²) < 4.78 is 160. The number of halogens is 6. The normalized spacial score (nSPS) is 14.0. The first-order chi connectivity index (χ1) is 52.1.